The van der Waals surface area contributed by atoms with Crippen LogP contribution in [0.3, 0.4) is 0 Å². The molecule has 0 aliphatic carbocycles. The molecule has 0 saturated heterocycles. The highest BCUT2D eigenvalue weighted by molar-refractivity contribution is 5.75. The van der Waals surface area contributed by atoms with Gasteiger partial charge in [0.25, 0.3) is 0 Å². The summed E-state index contributed by atoms with van der Waals surface area (Å²) in [5.74, 6) is -1.38. The molecule has 9 heteroatoms. The molecule has 128 valence electrons. The average molecular weight is 349 g/mol. The Morgan fingerprint density at radius 2 is 1.50 bits per heavy atom. The lowest BCUT2D eigenvalue weighted by Gasteiger charge is -2.13. The predicted molar refractivity (Wildman–Crippen MR) is 71.0 cm³/mol. The van der Waals surface area contributed by atoms with Gasteiger partial charge >= 0.3 is 18.3 Å². The van der Waals surface area contributed by atoms with Gasteiger partial charge in [0.1, 0.15) is 0 Å². The molecule has 0 unspecified atom stereocenters. The first-order chi connectivity index (χ1) is 11.0. The highest BCUT2D eigenvalue weighted by atomic mass is 19.4. The molecule has 1 aromatic heterocycles. The average Bonchev–Trinajstić information content (AvgIpc) is 2.45. The molecule has 0 aliphatic rings. The van der Waals surface area contributed by atoms with Crippen molar-refractivity contribution in [2.24, 2.45) is 0 Å². The standard InChI is InChI=1S/C15H9F6NO2/c16-14(17,18)10-3-1-8(2-4-10)13-9(6-12(23)24)5-11(7-22-13)15(19,20)21/h1-5,7H,6H2,(H,23,24). The van der Waals surface area contributed by atoms with E-state index in [1.54, 1.807) is 0 Å². The molecule has 1 N–H and O–H groups in total. The molecule has 0 atom stereocenters. The van der Waals surface area contributed by atoms with E-state index in [2.05, 4.69) is 4.98 Å². The van der Waals surface area contributed by atoms with Gasteiger partial charge in [0.05, 0.1) is 23.2 Å². The smallest absolute Gasteiger partial charge is 0.417 e. The first-order valence-electron chi connectivity index (χ1n) is 6.44. The number of rotatable bonds is 3. The number of pyridine rings is 1. The highest BCUT2D eigenvalue weighted by Gasteiger charge is 2.32. The summed E-state index contributed by atoms with van der Waals surface area (Å²) in [6.45, 7) is 0. The predicted octanol–water partition coefficient (Wildman–Crippen LogP) is 4.41. The van der Waals surface area contributed by atoms with Crippen LogP contribution in [-0.4, -0.2) is 16.1 Å². The number of benzene rings is 1. The van der Waals surface area contributed by atoms with E-state index in [0.29, 0.717) is 12.3 Å². The van der Waals surface area contributed by atoms with Crippen LogP contribution in [-0.2, 0) is 23.6 Å². The molecule has 24 heavy (non-hydrogen) atoms. The maximum Gasteiger partial charge on any atom is 0.417 e. The zero-order chi connectivity index (χ0) is 18.1. The number of carboxylic acid groups (broad SMARTS) is 1. The summed E-state index contributed by atoms with van der Waals surface area (Å²) in [6.07, 6.45) is -9.50. The molecule has 0 radical (unpaired) electrons. The van der Waals surface area contributed by atoms with Gasteiger partial charge in [0.2, 0.25) is 0 Å². The van der Waals surface area contributed by atoms with Crippen molar-refractivity contribution in [1.82, 2.24) is 4.98 Å². The molecule has 0 amide bonds. The summed E-state index contributed by atoms with van der Waals surface area (Å²) < 4.78 is 75.8. The minimum absolute atomic E-state index is 0.0907. The molecule has 0 bridgehead atoms. The van der Waals surface area contributed by atoms with E-state index in [-0.39, 0.29) is 16.8 Å². The Labute approximate surface area is 131 Å². The Hall–Kier alpha value is -2.58. The van der Waals surface area contributed by atoms with Crippen molar-refractivity contribution in [1.29, 1.82) is 0 Å². The number of carboxylic acids is 1. The van der Waals surface area contributed by atoms with Crippen molar-refractivity contribution >= 4 is 5.97 Å². The fourth-order valence-corrected chi connectivity index (χ4v) is 2.04. The topological polar surface area (TPSA) is 50.2 Å². The molecule has 3 nitrogen and oxygen atoms in total. The Kier molecular flexibility index (Phi) is 4.54. The van der Waals surface area contributed by atoms with E-state index in [9.17, 15) is 31.1 Å². The van der Waals surface area contributed by atoms with Crippen LogP contribution < -0.4 is 0 Å². The van der Waals surface area contributed by atoms with Crippen LogP contribution in [0.15, 0.2) is 36.5 Å². The van der Waals surface area contributed by atoms with Gasteiger partial charge in [-0.1, -0.05) is 12.1 Å². The summed E-state index contributed by atoms with van der Waals surface area (Å²) in [5.41, 5.74) is -2.32. The second kappa shape index (κ2) is 6.14. The number of alkyl halides is 6. The third kappa shape index (κ3) is 4.03. The molecule has 0 saturated carbocycles. The number of aliphatic carboxylic acids is 1. The summed E-state index contributed by atoms with van der Waals surface area (Å²) in [5, 5.41) is 8.82. The van der Waals surface area contributed by atoms with Crippen LogP contribution in [0.25, 0.3) is 11.3 Å². The van der Waals surface area contributed by atoms with Crippen LogP contribution in [0, 0.1) is 0 Å². The highest BCUT2D eigenvalue weighted by Crippen LogP contribution is 2.34. The number of halogens is 6. The van der Waals surface area contributed by atoms with Crippen molar-refractivity contribution in [3.63, 3.8) is 0 Å². The van der Waals surface area contributed by atoms with Crippen LogP contribution in [0.2, 0.25) is 0 Å². The summed E-state index contributed by atoms with van der Waals surface area (Å²) in [7, 11) is 0. The summed E-state index contributed by atoms with van der Waals surface area (Å²) in [6, 6.07) is 4.19. The van der Waals surface area contributed by atoms with Gasteiger partial charge in [0.15, 0.2) is 0 Å². The zero-order valence-corrected chi connectivity index (χ0v) is 11.7. The minimum atomic E-state index is -4.71. The number of carbonyl (C=O) groups is 1. The first kappa shape index (κ1) is 17.8. The van der Waals surface area contributed by atoms with E-state index < -0.39 is 35.9 Å². The fourth-order valence-electron chi connectivity index (χ4n) is 2.04. The Morgan fingerprint density at radius 3 is 1.96 bits per heavy atom. The number of hydrogen-bond acceptors (Lipinski definition) is 2. The largest absolute Gasteiger partial charge is 0.481 e. The molecule has 1 aromatic carbocycles. The third-order valence-electron chi connectivity index (χ3n) is 3.12. The van der Waals surface area contributed by atoms with Crippen LogP contribution in [0.1, 0.15) is 16.7 Å². The summed E-state index contributed by atoms with van der Waals surface area (Å²) in [4.78, 5) is 14.4. The molecule has 1 heterocycles. The number of nitrogens with zero attached hydrogens (tertiary/aromatic N) is 1. The quantitative estimate of drug-likeness (QED) is 0.835. The van der Waals surface area contributed by atoms with Gasteiger partial charge in [-0.2, -0.15) is 26.3 Å². The van der Waals surface area contributed by atoms with E-state index in [1.165, 1.54) is 0 Å². The minimum Gasteiger partial charge on any atom is -0.481 e. The fraction of sp³-hybridized carbons (Fsp3) is 0.200. The first-order valence-corrected chi connectivity index (χ1v) is 6.44. The Bertz CT molecular complexity index is 750. The lowest BCUT2D eigenvalue weighted by atomic mass is 10.0. The third-order valence-corrected chi connectivity index (χ3v) is 3.12. The van der Waals surface area contributed by atoms with Crippen molar-refractivity contribution in [3.8, 4) is 11.3 Å². The Balaban J connectivity index is 2.50. The van der Waals surface area contributed by atoms with Crippen LogP contribution >= 0.6 is 0 Å². The van der Waals surface area contributed by atoms with Crippen molar-refractivity contribution in [2.45, 2.75) is 18.8 Å². The number of hydrogen-bond donors (Lipinski definition) is 1. The zero-order valence-electron chi connectivity index (χ0n) is 11.7. The maximum absolute atomic E-state index is 12.7. The molecule has 2 aromatic rings. The lowest BCUT2D eigenvalue weighted by molar-refractivity contribution is -0.139. The van der Waals surface area contributed by atoms with Gasteiger partial charge in [-0.15, -0.1) is 0 Å². The van der Waals surface area contributed by atoms with Crippen LogP contribution in [0.4, 0.5) is 26.3 Å². The van der Waals surface area contributed by atoms with E-state index in [0.717, 1.165) is 24.3 Å². The molecule has 0 fully saturated rings. The van der Waals surface area contributed by atoms with Crippen molar-refractivity contribution in [2.75, 3.05) is 0 Å². The van der Waals surface area contributed by atoms with Crippen LogP contribution in [0.5, 0.6) is 0 Å². The SMILES string of the molecule is O=C(O)Cc1cc(C(F)(F)F)cnc1-c1ccc(C(F)(F)F)cc1. The monoisotopic (exact) mass is 349 g/mol. The van der Waals surface area contributed by atoms with Gasteiger partial charge in [-0.05, 0) is 23.8 Å². The van der Waals surface area contributed by atoms with Gasteiger partial charge < -0.3 is 5.11 Å². The second-order valence-electron chi connectivity index (χ2n) is 4.88. The van der Waals surface area contributed by atoms with E-state index in [1.807, 2.05) is 0 Å². The molecule has 2 rings (SSSR count). The summed E-state index contributed by atoms with van der Waals surface area (Å²) >= 11 is 0. The van der Waals surface area contributed by atoms with E-state index in [4.69, 9.17) is 5.11 Å². The van der Waals surface area contributed by atoms with Crippen molar-refractivity contribution in [3.05, 3.63) is 53.2 Å². The van der Waals surface area contributed by atoms with E-state index >= 15 is 0 Å². The van der Waals surface area contributed by atoms with Gasteiger partial charge in [-0.25, -0.2) is 0 Å². The maximum atomic E-state index is 12.7. The normalized spacial score (nSPS) is 12.2. The second-order valence-corrected chi connectivity index (χ2v) is 4.88. The molecule has 0 spiro atoms. The molecular formula is C15H9F6NO2. The van der Waals surface area contributed by atoms with Gasteiger partial charge in [0, 0.05) is 11.8 Å². The lowest BCUT2D eigenvalue weighted by Crippen LogP contribution is -2.10. The van der Waals surface area contributed by atoms with Gasteiger partial charge in [-0.3, -0.25) is 9.78 Å². The molecular weight excluding hydrogens is 340 g/mol. The van der Waals surface area contributed by atoms with Crippen molar-refractivity contribution < 1.29 is 36.2 Å². The number of aromatic nitrogens is 1. The Morgan fingerprint density at radius 1 is 0.958 bits per heavy atom. The molecule has 0 aliphatic heterocycles.